The monoisotopic (exact) mass is 337 g/mol. The molecule has 5 heteroatoms. The highest BCUT2D eigenvalue weighted by Crippen LogP contribution is 2.62. The van der Waals surface area contributed by atoms with Crippen molar-refractivity contribution in [3.63, 3.8) is 0 Å². The standard InChI is InChI=1S/C19H31NO4/c1-3-12(10-21)20-9-14-13-7-16-18(2,8-15(13)24-17(14)22)5-4-6-19(16)11-23-19/h12-16,20-21H,3-11H2,1-2H3/t12-,13+,14-,15+,16+,18+,19-/m0/s1. The molecule has 2 heterocycles. The van der Waals surface area contributed by atoms with E-state index in [1.54, 1.807) is 0 Å². The molecule has 0 unspecified atom stereocenters. The number of aliphatic hydroxyl groups is 1. The van der Waals surface area contributed by atoms with Crippen molar-refractivity contribution in [3.8, 4) is 0 Å². The number of rotatable bonds is 5. The van der Waals surface area contributed by atoms with Crippen molar-refractivity contribution < 1.29 is 19.4 Å². The molecule has 5 nitrogen and oxygen atoms in total. The minimum Gasteiger partial charge on any atom is -0.462 e. The third-order valence-corrected chi connectivity index (χ3v) is 7.42. The van der Waals surface area contributed by atoms with Crippen molar-refractivity contribution in [3.05, 3.63) is 0 Å². The molecule has 2 saturated heterocycles. The third-order valence-electron chi connectivity index (χ3n) is 7.42. The maximum absolute atomic E-state index is 12.5. The van der Waals surface area contributed by atoms with E-state index in [1.165, 1.54) is 19.3 Å². The fraction of sp³-hybridized carbons (Fsp3) is 0.947. The number of fused-ring (bicyclic) bond motifs is 3. The van der Waals surface area contributed by atoms with E-state index in [0.717, 1.165) is 25.9 Å². The van der Waals surface area contributed by atoms with Crippen LogP contribution in [0.2, 0.25) is 0 Å². The lowest BCUT2D eigenvalue weighted by Crippen LogP contribution is -2.51. The molecule has 7 atom stereocenters. The lowest BCUT2D eigenvalue weighted by atomic mass is 9.53. The number of aliphatic hydroxyl groups excluding tert-OH is 1. The predicted molar refractivity (Wildman–Crippen MR) is 89.4 cm³/mol. The van der Waals surface area contributed by atoms with Crippen LogP contribution in [0.3, 0.4) is 0 Å². The van der Waals surface area contributed by atoms with Crippen molar-refractivity contribution in [1.82, 2.24) is 5.32 Å². The van der Waals surface area contributed by atoms with Crippen LogP contribution in [0.1, 0.15) is 52.4 Å². The Kier molecular flexibility index (Phi) is 4.17. The summed E-state index contributed by atoms with van der Waals surface area (Å²) in [5.41, 5.74) is 0.369. The normalized spacial score (nSPS) is 47.9. The lowest BCUT2D eigenvalue weighted by molar-refractivity contribution is -0.147. The smallest absolute Gasteiger partial charge is 0.310 e. The molecule has 4 rings (SSSR count). The lowest BCUT2D eigenvalue weighted by Gasteiger charge is -2.51. The van der Waals surface area contributed by atoms with Gasteiger partial charge in [0.2, 0.25) is 0 Å². The second-order valence-corrected chi connectivity index (χ2v) is 8.80. The van der Waals surface area contributed by atoms with Crippen molar-refractivity contribution >= 4 is 5.97 Å². The average Bonchev–Trinajstić information content (AvgIpc) is 3.25. The minimum atomic E-state index is -0.0714. The molecule has 1 spiro atoms. The Balaban J connectivity index is 1.49. The Morgan fingerprint density at radius 3 is 2.88 bits per heavy atom. The first-order valence-corrected chi connectivity index (χ1v) is 9.70. The topological polar surface area (TPSA) is 71.1 Å². The average molecular weight is 337 g/mol. The number of hydrogen-bond donors (Lipinski definition) is 2. The van der Waals surface area contributed by atoms with Gasteiger partial charge in [-0.15, -0.1) is 0 Å². The van der Waals surface area contributed by atoms with Crippen LogP contribution in [0, 0.1) is 23.2 Å². The largest absolute Gasteiger partial charge is 0.462 e. The number of carbonyl (C=O) groups is 1. The molecule has 0 aromatic heterocycles. The molecule has 2 saturated carbocycles. The molecular formula is C19H31NO4. The van der Waals surface area contributed by atoms with E-state index in [1.807, 2.05) is 6.92 Å². The Morgan fingerprint density at radius 1 is 1.42 bits per heavy atom. The summed E-state index contributed by atoms with van der Waals surface area (Å²) in [6.45, 7) is 6.08. The zero-order valence-corrected chi connectivity index (χ0v) is 14.9. The predicted octanol–water partition coefficient (Wildman–Crippen LogP) is 1.87. The first kappa shape index (κ1) is 16.8. The number of epoxide rings is 1. The Labute approximate surface area is 144 Å². The summed E-state index contributed by atoms with van der Waals surface area (Å²) >= 11 is 0. The quantitative estimate of drug-likeness (QED) is 0.592. The first-order chi connectivity index (χ1) is 11.5. The summed E-state index contributed by atoms with van der Waals surface area (Å²) in [5.74, 6) is 0.756. The Hall–Kier alpha value is -0.650. The van der Waals surface area contributed by atoms with Crippen LogP contribution in [0.4, 0.5) is 0 Å². The van der Waals surface area contributed by atoms with Gasteiger partial charge in [-0.25, -0.2) is 0 Å². The zero-order valence-electron chi connectivity index (χ0n) is 14.9. The maximum atomic E-state index is 12.5. The fourth-order valence-electron chi connectivity index (χ4n) is 5.82. The van der Waals surface area contributed by atoms with E-state index >= 15 is 0 Å². The Bertz CT molecular complexity index is 502. The van der Waals surface area contributed by atoms with Crippen LogP contribution in [0.5, 0.6) is 0 Å². The zero-order chi connectivity index (χ0) is 16.9. The van der Waals surface area contributed by atoms with E-state index in [2.05, 4.69) is 12.2 Å². The molecule has 4 fully saturated rings. The molecular weight excluding hydrogens is 306 g/mol. The van der Waals surface area contributed by atoms with Gasteiger partial charge >= 0.3 is 5.97 Å². The molecule has 0 amide bonds. The number of carbonyl (C=O) groups excluding carboxylic acids is 1. The van der Waals surface area contributed by atoms with Crippen LogP contribution in [-0.4, -0.2) is 48.6 Å². The van der Waals surface area contributed by atoms with Crippen LogP contribution in [-0.2, 0) is 14.3 Å². The summed E-state index contributed by atoms with van der Waals surface area (Å²) in [7, 11) is 0. The van der Waals surface area contributed by atoms with Gasteiger partial charge in [0.15, 0.2) is 0 Å². The first-order valence-electron chi connectivity index (χ1n) is 9.70. The van der Waals surface area contributed by atoms with Crippen LogP contribution in [0.15, 0.2) is 0 Å². The molecule has 2 aliphatic heterocycles. The summed E-state index contributed by atoms with van der Waals surface area (Å²) in [6.07, 6.45) is 6.64. The van der Waals surface area contributed by atoms with Gasteiger partial charge in [-0.1, -0.05) is 13.8 Å². The molecule has 4 aliphatic rings. The van der Waals surface area contributed by atoms with Gasteiger partial charge in [-0.05, 0) is 49.9 Å². The van der Waals surface area contributed by atoms with Gasteiger partial charge in [-0.2, -0.15) is 0 Å². The molecule has 24 heavy (non-hydrogen) atoms. The van der Waals surface area contributed by atoms with Gasteiger partial charge in [0.25, 0.3) is 0 Å². The highest BCUT2D eigenvalue weighted by atomic mass is 16.6. The van der Waals surface area contributed by atoms with E-state index in [9.17, 15) is 9.90 Å². The summed E-state index contributed by atoms with van der Waals surface area (Å²) in [4.78, 5) is 12.5. The van der Waals surface area contributed by atoms with Crippen LogP contribution >= 0.6 is 0 Å². The summed E-state index contributed by atoms with van der Waals surface area (Å²) < 4.78 is 11.7. The molecule has 0 radical (unpaired) electrons. The van der Waals surface area contributed by atoms with E-state index in [4.69, 9.17) is 9.47 Å². The van der Waals surface area contributed by atoms with Crippen molar-refractivity contribution in [2.45, 2.75) is 70.1 Å². The SMILES string of the molecule is CC[C@@H](CO)NC[C@@H]1C(=O)O[C@@H]2C[C@@]3(C)CCC[C@]4(CO4)[C@@H]3C[C@H]12. The molecule has 136 valence electrons. The van der Waals surface area contributed by atoms with Crippen molar-refractivity contribution in [1.29, 1.82) is 0 Å². The van der Waals surface area contributed by atoms with E-state index < -0.39 is 0 Å². The molecule has 0 aromatic carbocycles. The maximum Gasteiger partial charge on any atom is 0.310 e. The number of hydrogen-bond acceptors (Lipinski definition) is 5. The number of nitrogens with one attached hydrogen (secondary N) is 1. The van der Waals surface area contributed by atoms with Gasteiger partial charge in [0, 0.05) is 18.5 Å². The summed E-state index contributed by atoms with van der Waals surface area (Å²) in [5, 5.41) is 12.7. The van der Waals surface area contributed by atoms with Gasteiger partial charge in [0.1, 0.15) is 6.10 Å². The summed E-state index contributed by atoms with van der Waals surface area (Å²) in [6, 6.07) is 0.0681. The van der Waals surface area contributed by atoms with Crippen molar-refractivity contribution in [2.24, 2.45) is 23.2 Å². The molecule has 2 aliphatic carbocycles. The number of ether oxygens (including phenoxy) is 2. The van der Waals surface area contributed by atoms with Crippen LogP contribution in [0.25, 0.3) is 0 Å². The second-order valence-electron chi connectivity index (χ2n) is 8.80. The van der Waals surface area contributed by atoms with Gasteiger partial charge in [0.05, 0.1) is 24.7 Å². The Morgan fingerprint density at radius 2 is 2.21 bits per heavy atom. The third kappa shape index (κ3) is 2.60. The second kappa shape index (κ2) is 5.96. The molecule has 0 aromatic rings. The molecule has 0 bridgehead atoms. The minimum absolute atomic E-state index is 0.0432. The fourth-order valence-corrected chi connectivity index (χ4v) is 5.82. The highest BCUT2D eigenvalue weighted by molar-refractivity contribution is 5.75. The van der Waals surface area contributed by atoms with Crippen LogP contribution < -0.4 is 5.32 Å². The van der Waals surface area contributed by atoms with E-state index in [0.29, 0.717) is 18.4 Å². The highest BCUT2D eigenvalue weighted by Gasteiger charge is 2.64. The van der Waals surface area contributed by atoms with E-state index in [-0.39, 0.29) is 41.7 Å². The van der Waals surface area contributed by atoms with Crippen molar-refractivity contribution in [2.75, 3.05) is 19.8 Å². The molecule has 2 N–H and O–H groups in total. The van der Waals surface area contributed by atoms with Gasteiger partial charge in [-0.3, -0.25) is 4.79 Å². The number of esters is 1. The van der Waals surface area contributed by atoms with Gasteiger partial charge < -0.3 is 19.9 Å².